The molecular formula is C15H23NO4S. The number of carbonyl (C=O) groups excluding carboxylic acids is 1. The van der Waals surface area contributed by atoms with E-state index < -0.39 is 16.0 Å². The summed E-state index contributed by atoms with van der Waals surface area (Å²) < 4.78 is 27.6. The Morgan fingerprint density at radius 3 is 2.48 bits per heavy atom. The molecular weight excluding hydrogens is 290 g/mol. The predicted molar refractivity (Wildman–Crippen MR) is 81.5 cm³/mol. The Morgan fingerprint density at radius 2 is 1.81 bits per heavy atom. The van der Waals surface area contributed by atoms with Gasteiger partial charge in [-0.15, -0.1) is 0 Å². The van der Waals surface area contributed by atoms with Gasteiger partial charge in [0.1, 0.15) is 0 Å². The standard InChI is InChI=1S/C15H23NO4S/c1-2-3-4-5-6-7-11-20-15(17)13-9-8-10-14(12-13)21(16,18)19/h8-10,12H,2-7,11H2,1H3,(H2,16,18,19). The average molecular weight is 313 g/mol. The second kappa shape index (κ2) is 8.79. The first-order valence-electron chi connectivity index (χ1n) is 7.25. The van der Waals surface area contributed by atoms with Crippen LogP contribution in [0.25, 0.3) is 0 Å². The first kappa shape index (κ1) is 17.7. The van der Waals surface area contributed by atoms with E-state index in [2.05, 4.69) is 6.92 Å². The molecule has 0 aromatic heterocycles. The zero-order valence-electron chi connectivity index (χ0n) is 12.4. The molecule has 21 heavy (non-hydrogen) atoms. The fourth-order valence-electron chi connectivity index (χ4n) is 1.93. The lowest BCUT2D eigenvalue weighted by Crippen LogP contribution is -2.13. The van der Waals surface area contributed by atoms with Gasteiger partial charge in [0.25, 0.3) is 0 Å². The highest BCUT2D eigenvalue weighted by Crippen LogP contribution is 2.11. The summed E-state index contributed by atoms with van der Waals surface area (Å²) in [7, 11) is -3.80. The lowest BCUT2D eigenvalue weighted by atomic mass is 10.1. The molecule has 0 aliphatic heterocycles. The molecule has 0 unspecified atom stereocenters. The Kier molecular flexibility index (Phi) is 7.39. The SMILES string of the molecule is CCCCCCCCOC(=O)c1cccc(S(N)(=O)=O)c1. The van der Waals surface area contributed by atoms with Crippen LogP contribution in [0.2, 0.25) is 0 Å². The molecule has 0 fully saturated rings. The predicted octanol–water partition coefficient (Wildman–Crippen LogP) is 2.85. The van der Waals surface area contributed by atoms with E-state index in [0.717, 1.165) is 19.3 Å². The highest BCUT2D eigenvalue weighted by atomic mass is 32.2. The summed E-state index contributed by atoms with van der Waals surface area (Å²) in [5.74, 6) is -0.519. The Morgan fingerprint density at radius 1 is 1.14 bits per heavy atom. The minimum Gasteiger partial charge on any atom is -0.462 e. The fraction of sp³-hybridized carbons (Fsp3) is 0.533. The molecule has 2 N–H and O–H groups in total. The maximum atomic E-state index is 11.8. The lowest BCUT2D eigenvalue weighted by Gasteiger charge is -2.06. The average Bonchev–Trinajstić information content (AvgIpc) is 2.45. The molecule has 0 aliphatic rings. The third-order valence-electron chi connectivity index (χ3n) is 3.13. The van der Waals surface area contributed by atoms with Crippen molar-refractivity contribution < 1.29 is 17.9 Å². The number of ether oxygens (including phenoxy) is 1. The van der Waals surface area contributed by atoms with Gasteiger partial charge in [-0.3, -0.25) is 0 Å². The van der Waals surface area contributed by atoms with Crippen LogP contribution in [-0.4, -0.2) is 21.0 Å². The maximum Gasteiger partial charge on any atom is 0.338 e. The molecule has 0 saturated carbocycles. The van der Waals surface area contributed by atoms with Gasteiger partial charge in [-0.1, -0.05) is 45.1 Å². The third-order valence-corrected chi connectivity index (χ3v) is 4.04. The maximum absolute atomic E-state index is 11.8. The summed E-state index contributed by atoms with van der Waals surface area (Å²) in [4.78, 5) is 11.7. The monoisotopic (exact) mass is 313 g/mol. The van der Waals surface area contributed by atoms with E-state index in [1.54, 1.807) is 0 Å². The van der Waals surface area contributed by atoms with Gasteiger partial charge in [0.15, 0.2) is 0 Å². The molecule has 0 radical (unpaired) electrons. The van der Waals surface area contributed by atoms with Crippen molar-refractivity contribution in [3.8, 4) is 0 Å². The van der Waals surface area contributed by atoms with Crippen LogP contribution in [0.4, 0.5) is 0 Å². The molecule has 0 aliphatic carbocycles. The fourth-order valence-corrected chi connectivity index (χ4v) is 2.49. The van der Waals surface area contributed by atoms with Gasteiger partial charge >= 0.3 is 5.97 Å². The van der Waals surface area contributed by atoms with Crippen LogP contribution in [-0.2, 0) is 14.8 Å². The summed E-state index contributed by atoms with van der Waals surface area (Å²) in [5.41, 5.74) is 0.201. The van der Waals surface area contributed by atoms with Crippen LogP contribution in [0.3, 0.4) is 0 Å². The number of nitrogens with two attached hydrogens (primary N) is 1. The van der Waals surface area contributed by atoms with Crippen LogP contribution in [0.15, 0.2) is 29.2 Å². The summed E-state index contributed by atoms with van der Waals surface area (Å²) in [5, 5.41) is 5.03. The number of benzene rings is 1. The molecule has 0 amide bonds. The summed E-state index contributed by atoms with van der Waals surface area (Å²) in [6, 6.07) is 5.57. The first-order valence-corrected chi connectivity index (χ1v) is 8.79. The second-order valence-corrected chi connectivity index (χ2v) is 6.54. The van der Waals surface area contributed by atoms with Crippen molar-refractivity contribution in [1.82, 2.24) is 0 Å². The number of primary sulfonamides is 1. The summed E-state index contributed by atoms with van der Waals surface area (Å²) in [6.45, 7) is 2.52. The van der Waals surface area contributed by atoms with Crippen molar-refractivity contribution >= 4 is 16.0 Å². The van der Waals surface area contributed by atoms with E-state index in [1.165, 1.54) is 43.5 Å². The summed E-state index contributed by atoms with van der Waals surface area (Å²) >= 11 is 0. The van der Waals surface area contributed by atoms with E-state index in [-0.39, 0.29) is 10.5 Å². The minimum absolute atomic E-state index is 0.0866. The van der Waals surface area contributed by atoms with Crippen LogP contribution in [0, 0.1) is 0 Å². The zero-order valence-corrected chi connectivity index (χ0v) is 13.2. The van der Waals surface area contributed by atoms with Gasteiger partial charge in [-0.05, 0) is 24.6 Å². The third kappa shape index (κ3) is 6.73. The van der Waals surface area contributed by atoms with E-state index in [9.17, 15) is 13.2 Å². The van der Waals surface area contributed by atoms with Crippen molar-refractivity contribution in [1.29, 1.82) is 0 Å². The lowest BCUT2D eigenvalue weighted by molar-refractivity contribution is 0.0497. The van der Waals surface area contributed by atoms with E-state index in [0.29, 0.717) is 6.61 Å². The van der Waals surface area contributed by atoms with E-state index in [1.807, 2.05) is 0 Å². The second-order valence-electron chi connectivity index (χ2n) is 4.98. The minimum atomic E-state index is -3.80. The largest absolute Gasteiger partial charge is 0.462 e. The van der Waals surface area contributed by atoms with Crippen molar-refractivity contribution in [2.75, 3.05) is 6.61 Å². The molecule has 0 spiro atoms. The molecule has 5 nitrogen and oxygen atoms in total. The Balaban J connectivity index is 2.39. The molecule has 0 atom stereocenters. The Labute approximate surface area is 126 Å². The first-order chi connectivity index (χ1) is 9.95. The molecule has 0 bridgehead atoms. The number of rotatable bonds is 9. The number of hydrogen-bond acceptors (Lipinski definition) is 4. The summed E-state index contributed by atoms with van der Waals surface area (Å²) in [6.07, 6.45) is 6.65. The van der Waals surface area contributed by atoms with Crippen LogP contribution < -0.4 is 5.14 Å². The highest BCUT2D eigenvalue weighted by molar-refractivity contribution is 7.89. The van der Waals surface area contributed by atoms with Crippen LogP contribution in [0.1, 0.15) is 55.8 Å². The van der Waals surface area contributed by atoms with Gasteiger partial charge in [0.2, 0.25) is 10.0 Å². The Hall–Kier alpha value is -1.40. The number of hydrogen-bond donors (Lipinski definition) is 1. The normalized spacial score (nSPS) is 11.3. The van der Waals surface area contributed by atoms with Crippen molar-refractivity contribution in [2.45, 2.75) is 50.3 Å². The van der Waals surface area contributed by atoms with E-state index in [4.69, 9.17) is 9.88 Å². The van der Waals surface area contributed by atoms with Gasteiger partial charge in [0, 0.05) is 0 Å². The number of unbranched alkanes of at least 4 members (excludes halogenated alkanes) is 5. The quantitative estimate of drug-likeness (QED) is 0.561. The van der Waals surface area contributed by atoms with Gasteiger partial charge in [-0.2, -0.15) is 0 Å². The van der Waals surface area contributed by atoms with Gasteiger partial charge < -0.3 is 4.74 Å². The van der Waals surface area contributed by atoms with Gasteiger partial charge in [0.05, 0.1) is 17.1 Å². The van der Waals surface area contributed by atoms with Crippen molar-refractivity contribution in [2.24, 2.45) is 5.14 Å². The van der Waals surface area contributed by atoms with Crippen molar-refractivity contribution in [3.63, 3.8) is 0 Å². The van der Waals surface area contributed by atoms with E-state index >= 15 is 0 Å². The molecule has 118 valence electrons. The molecule has 1 aromatic rings. The zero-order chi connectivity index (χ0) is 15.7. The molecule has 0 saturated heterocycles. The van der Waals surface area contributed by atoms with Crippen LogP contribution in [0.5, 0.6) is 0 Å². The Bertz CT molecular complexity index is 555. The molecule has 1 rings (SSSR count). The van der Waals surface area contributed by atoms with Crippen molar-refractivity contribution in [3.05, 3.63) is 29.8 Å². The molecule has 6 heteroatoms. The number of esters is 1. The molecule has 1 aromatic carbocycles. The smallest absolute Gasteiger partial charge is 0.338 e. The van der Waals surface area contributed by atoms with Gasteiger partial charge in [-0.25, -0.2) is 18.4 Å². The number of carbonyl (C=O) groups is 1. The highest BCUT2D eigenvalue weighted by Gasteiger charge is 2.12. The topological polar surface area (TPSA) is 86.5 Å². The number of sulfonamides is 1. The van der Waals surface area contributed by atoms with Crippen LogP contribution >= 0.6 is 0 Å². The molecule has 0 heterocycles.